The molecule has 0 saturated heterocycles. The smallest absolute Gasteiger partial charge is 0.259 e. The van der Waals surface area contributed by atoms with Gasteiger partial charge in [-0.05, 0) is 50.9 Å². The molecule has 0 unspecified atom stereocenters. The molecule has 0 saturated carbocycles. The van der Waals surface area contributed by atoms with Gasteiger partial charge in [-0.25, -0.2) is 4.52 Å². The summed E-state index contributed by atoms with van der Waals surface area (Å²) >= 11 is 2.13. The lowest BCUT2D eigenvalue weighted by Gasteiger charge is -2.08. The first-order valence-corrected chi connectivity index (χ1v) is 10.2. The van der Waals surface area contributed by atoms with Gasteiger partial charge in [-0.1, -0.05) is 18.1 Å². The number of hydrogen-bond acceptors (Lipinski definition) is 3. The van der Waals surface area contributed by atoms with Gasteiger partial charge in [0.15, 0.2) is 0 Å². The number of carbonyl (C=O) groups is 1. The fourth-order valence-corrected chi connectivity index (χ4v) is 2.70. The minimum atomic E-state index is -0.178. The Balaban J connectivity index is 1.91. The third kappa shape index (κ3) is 3.51. The molecule has 0 aliphatic heterocycles. The summed E-state index contributed by atoms with van der Waals surface area (Å²) in [6.07, 6.45) is 3.39. The van der Waals surface area contributed by atoms with Crippen molar-refractivity contribution in [2.75, 3.05) is 5.32 Å². The quantitative estimate of drug-likeness (QED) is 0.485. The average molecular weight is 433 g/mol. The number of benzene rings is 1. The first-order chi connectivity index (χ1) is 11.2. The van der Waals surface area contributed by atoms with Crippen LogP contribution in [-0.2, 0) is 0 Å². The first-order valence-electron chi connectivity index (χ1n) is 6.82. The van der Waals surface area contributed by atoms with Gasteiger partial charge in [0, 0.05) is 38.7 Å². The van der Waals surface area contributed by atoms with Crippen LogP contribution in [0, 0.1) is 18.1 Å². The van der Waals surface area contributed by atoms with Gasteiger partial charge in [0.25, 0.3) is 5.91 Å². The van der Waals surface area contributed by atoms with Crippen LogP contribution in [-0.4, -0.2) is 15.5 Å². The molecule has 1 N–H and O–H groups in total. The third-order valence-corrected chi connectivity index (χ3v) is 4.23. The highest BCUT2D eigenvalue weighted by Gasteiger charge is 2.13. The number of nitrogens with zero attached hydrogens (tertiary/aromatic N) is 2. The van der Waals surface area contributed by atoms with E-state index in [2.05, 4.69) is 42.8 Å². The van der Waals surface area contributed by atoms with Gasteiger partial charge in [0.1, 0.15) is 0 Å². The van der Waals surface area contributed by atoms with E-state index in [0.29, 0.717) is 5.56 Å². The van der Waals surface area contributed by atoms with Crippen LogP contribution in [0.3, 0.4) is 0 Å². The van der Waals surface area contributed by atoms with Crippen molar-refractivity contribution in [2.24, 2.45) is 0 Å². The van der Waals surface area contributed by atoms with Crippen molar-refractivity contribution in [2.45, 2.75) is 6.92 Å². The summed E-state index contributed by atoms with van der Waals surface area (Å²) < 4.78 is 1.68. The Morgan fingerprint density at radius 3 is 3.04 bits per heavy atom. The third-order valence-electron chi connectivity index (χ3n) is 3.39. The van der Waals surface area contributed by atoms with E-state index in [0.717, 1.165) is 22.3 Å². The van der Waals surface area contributed by atoms with Gasteiger partial charge in [0.2, 0.25) is 0 Å². The largest absolute Gasteiger partial charge is 0.322 e. The molecule has 3 rings (SSSR count). The zero-order valence-electron chi connectivity index (χ0n) is 12.2. The molecule has 6 heteroatoms. The zero-order chi connectivity index (χ0) is 16.2. The highest BCUT2D eigenvalue weighted by atomic mass is 127. The van der Waals surface area contributed by atoms with E-state index in [1.165, 1.54) is 8.93 Å². The molecule has 3 aromatic rings. The minimum Gasteiger partial charge on any atom is -0.322 e. The molecule has 1 amide bonds. The molecule has 23 heavy (non-hydrogen) atoms. The summed E-state index contributed by atoms with van der Waals surface area (Å²) in [5.41, 5.74) is 3.94. The van der Waals surface area contributed by atoms with E-state index in [-0.39, 0.29) is 5.91 Å². The second-order valence-corrected chi connectivity index (χ2v) is 6.56. The predicted octanol–water partition coefficient (Wildman–Crippen LogP) is 4.29. The Labute approximate surface area is 150 Å². The normalized spacial score (nSPS) is 10.2. The van der Waals surface area contributed by atoms with Crippen molar-refractivity contribution in [1.82, 2.24) is 9.61 Å². The van der Waals surface area contributed by atoms with Crippen LogP contribution in [0.4, 0.5) is 5.69 Å². The summed E-state index contributed by atoms with van der Waals surface area (Å²) in [4.78, 5) is 12.6. The van der Waals surface area contributed by atoms with Gasteiger partial charge in [0.05, 0.1) is 17.3 Å². The number of amides is 1. The zero-order valence-corrected chi connectivity index (χ0v) is 15.2. The molecule has 2 aromatic heterocycles. The Morgan fingerprint density at radius 2 is 2.22 bits per heavy atom. The van der Waals surface area contributed by atoms with Gasteiger partial charge < -0.3 is 5.32 Å². The molecule has 0 radical (unpaired) electrons. The monoisotopic (exact) mass is 433 g/mol. The van der Waals surface area contributed by atoms with Crippen LogP contribution in [0.25, 0.3) is 5.52 Å². The van der Waals surface area contributed by atoms with Crippen molar-refractivity contribution < 1.29 is 4.79 Å². The van der Waals surface area contributed by atoms with E-state index in [1.807, 2.05) is 49.5 Å². The van der Waals surface area contributed by atoms with Crippen LogP contribution in [0.1, 0.15) is 21.5 Å². The summed E-state index contributed by atoms with van der Waals surface area (Å²) in [5.74, 6) is 2.86. The predicted molar refractivity (Wildman–Crippen MR) is 103 cm³/mol. The van der Waals surface area contributed by atoms with Gasteiger partial charge in [-0.3, -0.25) is 4.79 Å². The fourth-order valence-electron chi connectivity index (χ4n) is 2.21. The Bertz CT molecular complexity index is 940. The van der Waals surface area contributed by atoms with Crippen LogP contribution < -0.4 is 5.32 Å². The van der Waals surface area contributed by atoms with Crippen molar-refractivity contribution in [1.29, 1.82) is 0 Å². The Hall–Kier alpha value is -1.98. The molecule has 0 aliphatic carbocycles. The van der Waals surface area contributed by atoms with E-state index in [1.54, 1.807) is 10.7 Å². The molecule has 114 valence electrons. The highest BCUT2D eigenvalue weighted by Crippen LogP contribution is 2.19. The van der Waals surface area contributed by atoms with E-state index < -0.39 is 0 Å². The van der Waals surface area contributed by atoms with Crippen LogP contribution in [0.5, 0.6) is 0 Å². The van der Waals surface area contributed by atoms with E-state index in [4.69, 9.17) is 0 Å². The summed E-state index contributed by atoms with van der Waals surface area (Å²) in [7, 11) is 1.43. The molecule has 2 heterocycles. The van der Waals surface area contributed by atoms with Gasteiger partial charge in [-0.2, -0.15) is 5.10 Å². The number of nitrogens with one attached hydrogen (secondary N) is 1. The van der Waals surface area contributed by atoms with Crippen molar-refractivity contribution >= 4 is 47.2 Å². The van der Waals surface area contributed by atoms with E-state index in [9.17, 15) is 4.79 Å². The standard InChI is InChI=1S/C17H12IN3OS/c1-12-5-6-13(7-9-23-18)10-15(12)20-17(22)14-11-19-21-8-3-2-4-16(14)21/h2-6,8,10-11H,1H3,(H,20,22). The number of aryl methyl sites for hydroxylation is 1. The Morgan fingerprint density at radius 1 is 1.35 bits per heavy atom. The number of anilines is 1. The summed E-state index contributed by atoms with van der Waals surface area (Å²) in [6, 6.07) is 11.4. The topological polar surface area (TPSA) is 46.4 Å². The Kier molecular flexibility index (Phi) is 4.88. The molecule has 0 fully saturated rings. The number of carbonyl (C=O) groups excluding carboxylic acids is 1. The van der Waals surface area contributed by atoms with Crippen LogP contribution in [0.15, 0.2) is 48.8 Å². The fraction of sp³-hybridized carbons (Fsp3) is 0.0588. The number of pyridine rings is 1. The number of fused-ring (bicyclic) bond motifs is 1. The number of aromatic nitrogens is 2. The molecule has 0 atom stereocenters. The second kappa shape index (κ2) is 7.06. The lowest BCUT2D eigenvalue weighted by atomic mass is 10.1. The van der Waals surface area contributed by atoms with Gasteiger partial charge in [-0.15, -0.1) is 0 Å². The lowest BCUT2D eigenvalue weighted by Crippen LogP contribution is -2.12. The molecular formula is C17H12IN3OS. The van der Waals surface area contributed by atoms with Crippen molar-refractivity contribution in [3.05, 3.63) is 65.5 Å². The molecule has 4 nitrogen and oxygen atoms in total. The highest BCUT2D eigenvalue weighted by molar-refractivity contribution is 14.2. The first kappa shape index (κ1) is 15.9. The molecule has 0 bridgehead atoms. The number of halogens is 1. The summed E-state index contributed by atoms with van der Waals surface area (Å²) in [6.45, 7) is 1.95. The van der Waals surface area contributed by atoms with E-state index >= 15 is 0 Å². The molecule has 0 aliphatic rings. The maximum atomic E-state index is 12.6. The van der Waals surface area contributed by atoms with Crippen LogP contribution in [0.2, 0.25) is 0 Å². The number of rotatable bonds is 2. The second-order valence-electron chi connectivity index (χ2n) is 4.88. The minimum absolute atomic E-state index is 0.178. The maximum Gasteiger partial charge on any atom is 0.259 e. The molecule has 0 spiro atoms. The van der Waals surface area contributed by atoms with Crippen molar-refractivity contribution in [3.8, 4) is 11.2 Å². The lowest BCUT2D eigenvalue weighted by molar-refractivity contribution is 0.102. The van der Waals surface area contributed by atoms with Crippen molar-refractivity contribution in [3.63, 3.8) is 0 Å². The number of hydrogen-bond donors (Lipinski definition) is 1. The molecular weight excluding hydrogens is 421 g/mol. The summed E-state index contributed by atoms with van der Waals surface area (Å²) in [5, 5.41) is 10.1. The average Bonchev–Trinajstić information content (AvgIpc) is 2.99. The van der Waals surface area contributed by atoms with Crippen LogP contribution >= 0.6 is 30.1 Å². The maximum absolute atomic E-state index is 12.6. The van der Waals surface area contributed by atoms with Gasteiger partial charge >= 0.3 is 0 Å². The molecule has 1 aromatic carbocycles. The SMILES string of the molecule is Cc1ccc(C#CSI)cc1NC(=O)c1cnn2ccccc12.